The number of nitrogens with one attached hydrogen (secondary N) is 5. The molecule has 0 bridgehead atoms. The molecule has 7 heterocycles. The molecule has 24 heteroatoms. The van der Waals surface area contributed by atoms with Gasteiger partial charge in [-0.3, -0.25) is 9.59 Å². The predicted octanol–water partition coefficient (Wildman–Crippen LogP) is 6.19. The molecule has 24 nitrogen and oxygen atoms in total. The maximum absolute atomic E-state index is 13.7. The van der Waals surface area contributed by atoms with Crippen molar-refractivity contribution in [1.29, 1.82) is 0 Å². The van der Waals surface area contributed by atoms with Gasteiger partial charge < -0.3 is 88.0 Å². The van der Waals surface area contributed by atoms with Crippen LogP contribution in [0.5, 0.6) is 23.0 Å². The fourth-order valence-electron chi connectivity index (χ4n) is 9.80. The largest absolute Gasteiger partial charge is 0.505 e. The van der Waals surface area contributed by atoms with Crippen molar-refractivity contribution in [2.24, 2.45) is 5.92 Å². The average molecular weight is 1090 g/mol. The molecule has 0 spiro atoms. The van der Waals surface area contributed by atoms with E-state index in [-0.39, 0.29) is 72.8 Å². The summed E-state index contributed by atoms with van der Waals surface area (Å²) in [6.45, 7) is 16.6. The van der Waals surface area contributed by atoms with Gasteiger partial charge in [-0.15, -0.1) is 0 Å². The molecule has 2 aliphatic heterocycles. The van der Waals surface area contributed by atoms with E-state index >= 15 is 0 Å². The van der Waals surface area contributed by atoms with Crippen LogP contribution in [0.1, 0.15) is 105 Å². The number of methoxy groups -OCH3 is 1. The number of aliphatic hydroxyl groups is 2. The van der Waals surface area contributed by atoms with Gasteiger partial charge in [-0.05, 0) is 116 Å². The van der Waals surface area contributed by atoms with Crippen LogP contribution in [-0.4, -0.2) is 121 Å². The van der Waals surface area contributed by atoms with E-state index in [4.69, 9.17) is 42.0 Å². The normalized spacial score (nSPS) is 22.5. The van der Waals surface area contributed by atoms with E-state index in [1.165, 1.54) is 58.2 Å². The van der Waals surface area contributed by atoms with Gasteiger partial charge in [0, 0.05) is 41.7 Å². The zero-order chi connectivity index (χ0) is 57.3. The molecule has 5 aromatic heterocycles. The van der Waals surface area contributed by atoms with Gasteiger partial charge in [0.05, 0.1) is 27.5 Å². The number of rotatable bonds is 13. The third-order valence-corrected chi connectivity index (χ3v) is 14.6. The number of aromatic nitrogens is 3. The molecule has 2 aliphatic rings. The summed E-state index contributed by atoms with van der Waals surface area (Å²) in [6, 6.07) is 12.0. The van der Waals surface area contributed by atoms with Crippen LogP contribution in [0, 0.1) is 40.5 Å². The van der Waals surface area contributed by atoms with Gasteiger partial charge in [0.2, 0.25) is 12.6 Å². The van der Waals surface area contributed by atoms with E-state index in [1.54, 1.807) is 66.7 Å². The first kappa shape index (κ1) is 55.3. The van der Waals surface area contributed by atoms with E-state index in [0.29, 0.717) is 5.69 Å². The van der Waals surface area contributed by atoms with Crippen LogP contribution in [0.2, 0.25) is 0 Å². The fourth-order valence-corrected chi connectivity index (χ4v) is 9.80. The molecule has 0 radical (unpaired) electrons. The highest BCUT2D eigenvalue weighted by molar-refractivity contribution is 6.12. The van der Waals surface area contributed by atoms with Gasteiger partial charge in [0.15, 0.2) is 41.2 Å². The van der Waals surface area contributed by atoms with Gasteiger partial charge in [0.25, 0.3) is 11.8 Å². The number of aromatic amines is 3. The van der Waals surface area contributed by atoms with Gasteiger partial charge in [-0.2, -0.15) is 0 Å². The Labute approximate surface area is 448 Å². The molecule has 7 aromatic rings. The number of carbonyl (C=O) groups is 4. The molecule has 0 saturated carbocycles. The van der Waals surface area contributed by atoms with Gasteiger partial charge in [-0.1, -0.05) is 6.92 Å². The second-order valence-electron chi connectivity index (χ2n) is 20.7. The highest BCUT2D eigenvalue weighted by Crippen LogP contribution is 2.42. The molecule has 2 fully saturated rings. The van der Waals surface area contributed by atoms with E-state index < -0.39 is 118 Å². The van der Waals surface area contributed by atoms with Crippen LogP contribution >= 0.6 is 0 Å². The maximum atomic E-state index is 13.7. The van der Waals surface area contributed by atoms with Crippen LogP contribution in [0.25, 0.3) is 21.9 Å². The molecule has 2 saturated heterocycles. The topological polar surface area (TPSA) is 346 Å². The standard InChI is InChI=1S/C55H59N5O19/c1-21-12-16-30(57-21)48(67)76-43-26(6)54(7,8)78-52(39(43)63)72-32-18-15-28-38(62)36(51(70)75-42(28)24(32)4)60-47(66)34-23(3)29(20-56-34)46(65)59-35-37(61)27-14-19-33(25(5)41(27)74-50(35)69)73-53-40(64)44(45(71-11)55(9,10)79-53)77-49(68)31-17-13-22(2)58-31/h12-20,26,39-40,43-45,52-53,56-58,61-64H,1-11H3,(H,59,65)(H,60,66)/t26-,39-,40-,43-,44+,45-,52-,53-/m1/s1. The lowest BCUT2D eigenvalue weighted by Crippen LogP contribution is -2.65. The van der Waals surface area contributed by atoms with Crippen molar-refractivity contribution in [3.8, 4) is 23.0 Å². The molecule has 0 unspecified atom stereocenters. The number of anilines is 2. The third kappa shape index (κ3) is 10.2. The lowest BCUT2D eigenvalue weighted by molar-refractivity contribution is -0.305. The lowest BCUT2D eigenvalue weighted by Gasteiger charge is -2.47. The van der Waals surface area contributed by atoms with Crippen LogP contribution in [0.15, 0.2) is 73.2 Å². The number of hydrogen-bond donors (Lipinski definition) is 9. The minimum absolute atomic E-state index is 0.0124. The zero-order valence-electron chi connectivity index (χ0n) is 44.7. The van der Waals surface area contributed by atoms with Crippen molar-refractivity contribution in [3.05, 3.63) is 126 Å². The van der Waals surface area contributed by atoms with Crippen LogP contribution in [0.4, 0.5) is 11.4 Å². The van der Waals surface area contributed by atoms with Crippen molar-refractivity contribution in [2.45, 2.75) is 124 Å². The smallest absolute Gasteiger partial charge is 0.364 e. The zero-order valence-corrected chi connectivity index (χ0v) is 44.7. The molecular weight excluding hydrogens is 1030 g/mol. The molecule has 9 rings (SSSR count). The number of H-pyrrole nitrogens is 3. The summed E-state index contributed by atoms with van der Waals surface area (Å²) in [6.07, 6.45) is -7.98. The Morgan fingerprint density at radius 1 is 0.620 bits per heavy atom. The SMILES string of the molecule is CO[C@@H]1[C@@H](OC(=O)c2ccc(C)[nH]2)[C@@H](O)[C@H](Oc2ccc3c(O)c(NC(=O)c4c[nH]c(C(=O)Nc5c(O)c6ccc(O[C@@H]7OC(C)(C)[C@H](C)[C@@H](OC(=O)c8ccc(C)[nH]8)[C@H]7O)c(C)c6oc5=O)c4C)c(=O)oc3c2C)OC1(C)C. The first-order valence-corrected chi connectivity index (χ1v) is 24.9. The summed E-state index contributed by atoms with van der Waals surface area (Å²) in [4.78, 5) is 88.9. The number of carbonyl (C=O) groups excluding carboxylic acids is 4. The monoisotopic (exact) mass is 1090 g/mol. The molecule has 9 N–H and O–H groups in total. The number of fused-ring (bicyclic) bond motifs is 2. The van der Waals surface area contributed by atoms with Crippen molar-refractivity contribution in [1.82, 2.24) is 15.0 Å². The Morgan fingerprint density at radius 2 is 1.08 bits per heavy atom. The van der Waals surface area contributed by atoms with E-state index in [9.17, 15) is 49.2 Å². The van der Waals surface area contributed by atoms with E-state index in [2.05, 4.69) is 25.6 Å². The maximum Gasteiger partial charge on any atom is 0.364 e. The highest BCUT2D eigenvalue weighted by Gasteiger charge is 2.54. The number of aliphatic hydroxyl groups excluding tert-OH is 2. The second-order valence-corrected chi connectivity index (χ2v) is 20.7. The summed E-state index contributed by atoms with van der Waals surface area (Å²) < 4.78 is 52.8. The Balaban J connectivity index is 0.888. The van der Waals surface area contributed by atoms with Crippen molar-refractivity contribution in [2.75, 3.05) is 17.7 Å². The lowest BCUT2D eigenvalue weighted by atomic mass is 9.82. The molecule has 2 aromatic carbocycles. The average Bonchev–Trinajstić information content (AvgIpc) is 4.33. The molecule has 8 atom stereocenters. The minimum atomic E-state index is -1.59. The number of amides is 2. The predicted molar refractivity (Wildman–Crippen MR) is 280 cm³/mol. The summed E-state index contributed by atoms with van der Waals surface area (Å²) in [5.74, 6) is -5.06. The van der Waals surface area contributed by atoms with Gasteiger partial charge >= 0.3 is 23.2 Å². The van der Waals surface area contributed by atoms with E-state index in [0.717, 1.165) is 11.9 Å². The second kappa shape index (κ2) is 20.8. The molecule has 2 amide bonds. The van der Waals surface area contributed by atoms with Crippen LogP contribution in [0.3, 0.4) is 0 Å². The number of esters is 2. The molecule has 0 aliphatic carbocycles. The van der Waals surface area contributed by atoms with E-state index in [1.807, 2.05) is 0 Å². The third-order valence-electron chi connectivity index (χ3n) is 14.6. The molecule has 79 heavy (non-hydrogen) atoms. The summed E-state index contributed by atoms with van der Waals surface area (Å²) in [7, 11) is 1.38. The number of hydrogen-bond acceptors (Lipinski definition) is 19. The number of aryl methyl sites for hydroxylation is 4. The Kier molecular flexibility index (Phi) is 14.5. The van der Waals surface area contributed by atoms with Gasteiger partial charge in [-0.25, -0.2) is 19.2 Å². The van der Waals surface area contributed by atoms with Gasteiger partial charge in [0.1, 0.15) is 52.0 Å². The number of ether oxygens (including phenoxy) is 7. The Bertz CT molecular complexity index is 3690. The van der Waals surface area contributed by atoms with Crippen molar-refractivity contribution >= 4 is 57.1 Å². The van der Waals surface area contributed by atoms with Crippen molar-refractivity contribution < 1.29 is 81.6 Å². The summed E-state index contributed by atoms with van der Waals surface area (Å²) in [5, 5.41) is 50.3. The first-order valence-electron chi connectivity index (χ1n) is 24.9. The molecule has 418 valence electrons. The summed E-state index contributed by atoms with van der Waals surface area (Å²) in [5.41, 5.74) is -4.19. The quantitative estimate of drug-likeness (QED) is 0.0459. The van der Waals surface area contributed by atoms with Crippen LogP contribution < -0.4 is 31.4 Å². The van der Waals surface area contributed by atoms with Crippen molar-refractivity contribution in [3.63, 3.8) is 0 Å². The fraction of sp³-hybridized carbons (Fsp3) is 0.382. The first-order chi connectivity index (χ1) is 37.2. The summed E-state index contributed by atoms with van der Waals surface area (Å²) >= 11 is 0. The van der Waals surface area contributed by atoms with Crippen LogP contribution in [-0.2, 0) is 23.7 Å². The Morgan fingerprint density at radius 3 is 1.54 bits per heavy atom. The Hall–Kier alpha value is -8.42. The number of benzene rings is 2. The molecular formula is C55H59N5O19. The highest BCUT2D eigenvalue weighted by atomic mass is 16.7. The minimum Gasteiger partial charge on any atom is -0.505 e. The number of aromatic hydroxyl groups is 2.